The zero-order chi connectivity index (χ0) is 8.85. The van der Waals surface area contributed by atoms with E-state index in [1.807, 2.05) is 18.9 Å². The third-order valence-corrected chi connectivity index (χ3v) is 1.59. The Balaban J connectivity index is 0.000000461. The molecule has 1 aliphatic rings. The first-order valence-electron chi connectivity index (χ1n) is 4.44. The van der Waals surface area contributed by atoms with E-state index in [0.717, 1.165) is 13.1 Å². The van der Waals surface area contributed by atoms with Crippen LogP contribution in [0.15, 0.2) is 0 Å². The second kappa shape index (κ2) is 5.52. The number of hydrogen-bond acceptors (Lipinski definition) is 3. The highest BCUT2D eigenvalue weighted by Crippen LogP contribution is 1.97. The molecule has 1 rings (SSSR count). The summed E-state index contributed by atoms with van der Waals surface area (Å²) in [5.41, 5.74) is 0. The second-order valence-corrected chi connectivity index (χ2v) is 2.92. The Morgan fingerprint density at radius 3 is 1.82 bits per heavy atom. The minimum Gasteiger partial charge on any atom is -0.309 e. The molecule has 2 atom stereocenters. The molecule has 0 spiro atoms. The molecule has 3 heteroatoms. The van der Waals surface area contributed by atoms with E-state index in [1.54, 1.807) is 0 Å². The van der Waals surface area contributed by atoms with Crippen molar-refractivity contribution < 1.29 is 0 Å². The van der Waals surface area contributed by atoms with Crippen LogP contribution in [0.25, 0.3) is 0 Å². The Bertz CT molecular complexity index is 70.3. The molecule has 1 aliphatic heterocycles. The van der Waals surface area contributed by atoms with Crippen molar-refractivity contribution in [2.24, 2.45) is 5.84 Å². The minimum absolute atomic E-state index is 0.541. The van der Waals surface area contributed by atoms with Gasteiger partial charge in [0, 0.05) is 25.2 Å². The zero-order valence-electron chi connectivity index (χ0n) is 8.09. The van der Waals surface area contributed by atoms with Crippen molar-refractivity contribution in [1.82, 2.24) is 10.3 Å². The van der Waals surface area contributed by atoms with Gasteiger partial charge in [-0.05, 0) is 13.8 Å². The van der Waals surface area contributed by atoms with Crippen LogP contribution in [0.3, 0.4) is 0 Å². The van der Waals surface area contributed by atoms with Gasteiger partial charge in [0.15, 0.2) is 0 Å². The first-order valence-corrected chi connectivity index (χ1v) is 4.44. The lowest BCUT2D eigenvalue weighted by Crippen LogP contribution is -2.56. The summed E-state index contributed by atoms with van der Waals surface area (Å²) in [6.07, 6.45) is 0. The Hall–Kier alpha value is -0.120. The lowest BCUT2D eigenvalue weighted by molar-refractivity contribution is 0.177. The van der Waals surface area contributed by atoms with Gasteiger partial charge in [-0.1, -0.05) is 13.8 Å². The highest BCUT2D eigenvalue weighted by molar-refractivity contribution is 4.77. The summed E-state index contributed by atoms with van der Waals surface area (Å²) in [5.74, 6) is 5.61. The fourth-order valence-electron chi connectivity index (χ4n) is 1.37. The summed E-state index contributed by atoms with van der Waals surface area (Å²) >= 11 is 0. The van der Waals surface area contributed by atoms with Crippen LogP contribution in [0.1, 0.15) is 27.7 Å². The number of nitrogens with two attached hydrogens (primary N) is 1. The van der Waals surface area contributed by atoms with E-state index < -0.39 is 0 Å². The van der Waals surface area contributed by atoms with Crippen molar-refractivity contribution in [2.75, 3.05) is 13.1 Å². The molecule has 0 saturated carbocycles. The SMILES string of the molecule is CC.CC1CN(N)CC(C)N1. The van der Waals surface area contributed by atoms with Crippen molar-refractivity contribution in [1.29, 1.82) is 0 Å². The van der Waals surface area contributed by atoms with Gasteiger partial charge in [0.2, 0.25) is 0 Å². The Labute approximate surface area is 69.9 Å². The van der Waals surface area contributed by atoms with E-state index in [1.165, 1.54) is 0 Å². The quantitative estimate of drug-likeness (QED) is 0.508. The summed E-state index contributed by atoms with van der Waals surface area (Å²) in [6, 6.07) is 1.08. The van der Waals surface area contributed by atoms with Crippen LogP contribution in [0.4, 0.5) is 0 Å². The van der Waals surface area contributed by atoms with Crippen LogP contribution in [0, 0.1) is 0 Å². The van der Waals surface area contributed by atoms with E-state index in [0.29, 0.717) is 12.1 Å². The second-order valence-electron chi connectivity index (χ2n) is 2.92. The predicted octanol–water partition coefficient (Wildman–Crippen LogP) is 0.569. The summed E-state index contributed by atoms with van der Waals surface area (Å²) in [6.45, 7) is 10.2. The molecule has 11 heavy (non-hydrogen) atoms. The largest absolute Gasteiger partial charge is 0.309 e. The van der Waals surface area contributed by atoms with Gasteiger partial charge in [-0.15, -0.1) is 0 Å². The molecule has 68 valence electrons. The van der Waals surface area contributed by atoms with Crippen LogP contribution in [0.2, 0.25) is 0 Å². The molecule has 0 radical (unpaired) electrons. The van der Waals surface area contributed by atoms with Crippen molar-refractivity contribution in [2.45, 2.75) is 39.8 Å². The normalized spacial score (nSPS) is 32.5. The fraction of sp³-hybridized carbons (Fsp3) is 1.00. The molecular weight excluding hydrogens is 138 g/mol. The van der Waals surface area contributed by atoms with Gasteiger partial charge in [0.1, 0.15) is 0 Å². The Morgan fingerprint density at radius 2 is 1.55 bits per heavy atom. The number of rotatable bonds is 0. The molecule has 0 aromatic heterocycles. The topological polar surface area (TPSA) is 41.3 Å². The Kier molecular flexibility index (Phi) is 5.46. The maximum Gasteiger partial charge on any atom is 0.0280 e. The van der Waals surface area contributed by atoms with Gasteiger partial charge < -0.3 is 5.32 Å². The molecule has 3 N–H and O–H groups in total. The number of piperazine rings is 1. The first-order chi connectivity index (χ1) is 5.18. The smallest absolute Gasteiger partial charge is 0.0280 e. The van der Waals surface area contributed by atoms with Gasteiger partial charge in [0.05, 0.1) is 0 Å². The summed E-state index contributed by atoms with van der Waals surface area (Å²) < 4.78 is 0. The van der Waals surface area contributed by atoms with Gasteiger partial charge in [-0.3, -0.25) is 5.84 Å². The first kappa shape index (κ1) is 10.9. The van der Waals surface area contributed by atoms with Gasteiger partial charge in [0.25, 0.3) is 0 Å². The molecule has 0 aromatic carbocycles. The maximum atomic E-state index is 5.61. The van der Waals surface area contributed by atoms with Gasteiger partial charge >= 0.3 is 0 Å². The molecule has 0 aliphatic carbocycles. The minimum atomic E-state index is 0.541. The average molecular weight is 159 g/mol. The standard InChI is InChI=1S/C6H15N3.C2H6/c1-5-3-9(7)4-6(2)8-5;1-2/h5-6,8H,3-4,7H2,1-2H3;1-2H3. The third-order valence-electron chi connectivity index (χ3n) is 1.59. The van der Waals surface area contributed by atoms with E-state index in [2.05, 4.69) is 19.2 Å². The van der Waals surface area contributed by atoms with Crippen molar-refractivity contribution in [3.05, 3.63) is 0 Å². The molecule has 1 fully saturated rings. The molecule has 0 bridgehead atoms. The average Bonchev–Trinajstić information content (AvgIpc) is 1.88. The van der Waals surface area contributed by atoms with E-state index in [9.17, 15) is 0 Å². The van der Waals surface area contributed by atoms with Gasteiger partial charge in [-0.2, -0.15) is 0 Å². The molecule has 1 heterocycles. The van der Waals surface area contributed by atoms with Gasteiger partial charge in [-0.25, -0.2) is 5.01 Å². The third kappa shape index (κ3) is 4.35. The summed E-state index contributed by atoms with van der Waals surface area (Å²) in [5, 5.41) is 5.25. The highest BCUT2D eigenvalue weighted by Gasteiger charge is 2.17. The number of hydrazine groups is 1. The molecule has 2 unspecified atom stereocenters. The predicted molar refractivity (Wildman–Crippen MR) is 49.2 cm³/mol. The Morgan fingerprint density at radius 1 is 1.18 bits per heavy atom. The summed E-state index contributed by atoms with van der Waals surface area (Å²) in [7, 11) is 0. The number of hydrogen-bond donors (Lipinski definition) is 2. The molecular formula is C8H21N3. The molecule has 1 saturated heterocycles. The number of nitrogens with one attached hydrogen (secondary N) is 1. The van der Waals surface area contributed by atoms with Crippen molar-refractivity contribution >= 4 is 0 Å². The molecule has 0 aromatic rings. The number of nitrogens with zero attached hydrogens (tertiary/aromatic N) is 1. The van der Waals surface area contributed by atoms with Crippen LogP contribution >= 0.6 is 0 Å². The summed E-state index contributed by atoms with van der Waals surface area (Å²) in [4.78, 5) is 0. The van der Waals surface area contributed by atoms with E-state index in [-0.39, 0.29) is 0 Å². The highest BCUT2D eigenvalue weighted by atomic mass is 15.4. The van der Waals surface area contributed by atoms with Crippen LogP contribution in [-0.2, 0) is 0 Å². The van der Waals surface area contributed by atoms with Crippen molar-refractivity contribution in [3.8, 4) is 0 Å². The fourth-order valence-corrected chi connectivity index (χ4v) is 1.37. The monoisotopic (exact) mass is 159 g/mol. The lowest BCUT2D eigenvalue weighted by Gasteiger charge is -2.32. The maximum absolute atomic E-state index is 5.61. The van der Waals surface area contributed by atoms with Crippen LogP contribution in [-0.4, -0.2) is 30.2 Å². The lowest BCUT2D eigenvalue weighted by atomic mass is 10.2. The van der Waals surface area contributed by atoms with E-state index >= 15 is 0 Å². The van der Waals surface area contributed by atoms with Crippen LogP contribution < -0.4 is 11.2 Å². The van der Waals surface area contributed by atoms with Crippen molar-refractivity contribution in [3.63, 3.8) is 0 Å². The van der Waals surface area contributed by atoms with Crippen LogP contribution in [0.5, 0.6) is 0 Å². The molecule has 3 nitrogen and oxygen atoms in total. The molecule has 0 amide bonds. The zero-order valence-corrected chi connectivity index (χ0v) is 8.09. The van der Waals surface area contributed by atoms with E-state index in [4.69, 9.17) is 5.84 Å².